The van der Waals surface area contributed by atoms with E-state index in [9.17, 15) is 68.4 Å². The maximum Gasteiger partial charge on any atom is 0.251 e. The number of carbonyl (C=O) groups excluding carboxylic acids is 3. The minimum absolute atomic E-state index is 0.00481. The third-order valence-electron chi connectivity index (χ3n) is 13.7. The zero-order chi connectivity index (χ0) is 52.3. The van der Waals surface area contributed by atoms with Gasteiger partial charge in [0.1, 0.15) is 84.9 Å². The lowest BCUT2D eigenvalue weighted by Gasteiger charge is -2.49. The van der Waals surface area contributed by atoms with E-state index in [1.165, 1.54) is 20.8 Å². The standard InChI is InChI=1S/C45H65F3N6O18/c1-5-7-27(42(65)53-8-6-9-53)68-41-32(50-20(4)58)43(70-30(16-56)36(41)61)69-28-11-21(10-25(49-19(3)57)40(28)72-45-39(64)38(63)34(59)18(2)67-45)17-66-44-37(62)33(35(60)29(15-55)71-44)54-14-26(51-52-54)22-12-23(46)31(48)24(47)13-22/h12-14,18,21,25,27-30,32-41,43-45,55-56,59-64H,5-11,15-17H2,1-4H3,(H,49,57)(H,50,58)/t18?,21?,25?,27-,28+,29?,30?,32?,33?,34+,35+,36-,37?,38?,39?,40?,41?,43+,44-,45-/m0/s1. The molecule has 404 valence electrons. The number of rotatable bonds is 18. The van der Waals surface area contributed by atoms with Crippen molar-refractivity contribution in [1.82, 2.24) is 30.5 Å². The first-order chi connectivity index (χ1) is 34.2. The average molecular weight is 1040 g/mol. The molecule has 1 aliphatic carbocycles. The van der Waals surface area contributed by atoms with Gasteiger partial charge in [-0.1, -0.05) is 18.6 Å². The molecule has 1 aromatic heterocycles. The number of aromatic nitrogens is 3. The van der Waals surface area contributed by atoms with Crippen molar-refractivity contribution in [3.8, 4) is 11.3 Å². The van der Waals surface area contributed by atoms with Gasteiger partial charge in [-0.25, -0.2) is 17.9 Å². The number of ether oxygens (including phenoxy) is 7. The van der Waals surface area contributed by atoms with Crippen LogP contribution >= 0.6 is 0 Å². The van der Waals surface area contributed by atoms with Crippen LogP contribution in [0.3, 0.4) is 0 Å². The molecule has 0 bridgehead atoms. The smallest absolute Gasteiger partial charge is 0.251 e. The topological polar surface area (TPSA) is 336 Å². The van der Waals surface area contributed by atoms with Crippen LogP contribution in [0.15, 0.2) is 18.3 Å². The lowest BCUT2D eigenvalue weighted by molar-refractivity contribution is -0.337. The van der Waals surface area contributed by atoms with Gasteiger partial charge in [0, 0.05) is 32.5 Å². The first-order valence-corrected chi connectivity index (χ1v) is 24.0. The van der Waals surface area contributed by atoms with Gasteiger partial charge in [-0.15, -0.1) is 5.10 Å². The number of nitrogens with zero attached hydrogens (tertiary/aromatic N) is 4. The van der Waals surface area contributed by atoms with Gasteiger partial charge in [0.05, 0.1) is 44.3 Å². The molecule has 7 rings (SSSR count). The van der Waals surface area contributed by atoms with E-state index in [0.717, 1.165) is 17.3 Å². The highest BCUT2D eigenvalue weighted by Crippen LogP contribution is 2.38. The van der Waals surface area contributed by atoms with E-state index in [0.29, 0.717) is 31.6 Å². The summed E-state index contributed by atoms with van der Waals surface area (Å²) in [6.45, 7) is 4.77. The molecule has 5 heterocycles. The lowest BCUT2D eigenvalue weighted by Crippen LogP contribution is -2.68. The molecule has 1 aromatic carbocycles. The predicted octanol–water partition coefficient (Wildman–Crippen LogP) is -2.76. The second-order valence-electron chi connectivity index (χ2n) is 19.0. The highest BCUT2D eigenvalue weighted by molar-refractivity contribution is 5.81. The summed E-state index contributed by atoms with van der Waals surface area (Å²) in [6.07, 6.45) is -21.4. The Morgan fingerprint density at radius 2 is 1.46 bits per heavy atom. The number of aliphatic hydroxyl groups is 8. The first kappa shape index (κ1) is 55.7. The molecule has 0 spiro atoms. The third-order valence-corrected chi connectivity index (χ3v) is 13.7. The normalized spacial score (nSPS) is 37.7. The monoisotopic (exact) mass is 1030 g/mol. The van der Waals surface area contributed by atoms with Gasteiger partial charge in [0.15, 0.2) is 36.3 Å². The highest BCUT2D eigenvalue weighted by Gasteiger charge is 2.54. The van der Waals surface area contributed by atoms with Crippen LogP contribution in [0.5, 0.6) is 0 Å². The Kier molecular flexibility index (Phi) is 18.6. The predicted molar refractivity (Wildman–Crippen MR) is 235 cm³/mol. The summed E-state index contributed by atoms with van der Waals surface area (Å²) >= 11 is 0. The number of likely N-dealkylation sites (tertiary alicyclic amines) is 1. The molecule has 1 saturated carbocycles. The largest absolute Gasteiger partial charge is 0.394 e. The SMILES string of the molecule is CCC[C@H](OC1C(NC(C)=O)[C@H](O[C@@H]2CC(CO[C@H]3OC(CO)[C@@H](O)C(n4cc(-c5cc(F)c(F)c(F)c5)nn4)C3O)CC(NC(C)=O)C2O[C@@H]2OC(C)[C@@H](O)C(O)C2O)OC(CO)[C@@H]1O)C(=O)N1CCC1. The Bertz CT molecular complexity index is 2140. The second-order valence-corrected chi connectivity index (χ2v) is 19.0. The van der Waals surface area contributed by atoms with Gasteiger partial charge in [-0.3, -0.25) is 14.4 Å². The number of carbonyl (C=O) groups is 3. The van der Waals surface area contributed by atoms with E-state index in [-0.39, 0.29) is 43.0 Å². The fourth-order valence-electron chi connectivity index (χ4n) is 9.80. The fraction of sp³-hybridized carbons (Fsp3) is 0.756. The molecule has 24 nitrogen and oxygen atoms in total. The second kappa shape index (κ2) is 24.1. The highest BCUT2D eigenvalue weighted by atomic mass is 19.2. The first-order valence-electron chi connectivity index (χ1n) is 24.0. The molecule has 72 heavy (non-hydrogen) atoms. The summed E-state index contributed by atoms with van der Waals surface area (Å²) in [7, 11) is 0. The molecule has 4 saturated heterocycles. The van der Waals surface area contributed by atoms with Gasteiger partial charge in [0.2, 0.25) is 11.8 Å². The van der Waals surface area contributed by atoms with Crippen molar-refractivity contribution < 1.29 is 102 Å². The van der Waals surface area contributed by atoms with Crippen molar-refractivity contribution in [3.05, 3.63) is 35.8 Å². The Labute approximate surface area is 411 Å². The van der Waals surface area contributed by atoms with E-state index >= 15 is 0 Å². The van der Waals surface area contributed by atoms with Crippen molar-refractivity contribution in [2.75, 3.05) is 32.9 Å². The average Bonchev–Trinajstić information content (AvgIpc) is 3.80. The summed E-state index contributed by atoms with van der Waals surface area (Å²) in [5, 5.41) is 101. The lowest BCUT2D eigenvalue weighted by atomic mass is 9.81. The van der Waals surface area contributed by atoms with Crippen molar-refractivity contribution in [2.24, 2.45) is 5.92 Å². The van der Waals surface area contributed by atoms with Crippen LogP contribution < -0.4 is 10.6 Å². The third kappa shape index (κ3) is 12.2. The Morgan fingerprint density at radius 1 is 0.806 bits per heavy atom. The number of amides is 3. The summed E-state index contributed by atoms with van der Waals surface area (Å²) < 4.78 is 86.2. The zero-order valence-corrected chi connectivity index (χ0v) is 39.9. The molecule has 0 radical (unpaired) electrons. The van der Waals surface area contributed by atoms with Crippen molar-refractivity contribution in [2.45, 2.75) is 176 Å². The van der Waals surface area contributed by atoms with Crippen LogP contribution in [0.1, 0.15) is 65.8 Å². The van der Waals surface area contributed by atoms with Crippen LogP contribution in [0.2, 0.25) is 0 Å². The molecular weight excluding hydrogens is 970 g/mol. The van der Waals surface area contributed by atoms with E-state index in [1.807, 2.05) is 6.92 Å². The van der Waals surface area contributed by atoms with Crippen LogP contribution in [0, 0.1) is 23.4 Å². The van der Waals surface area contributed by atoms with Gasteiger partial charge in [-0.05, 0) is 50.7 Å². The molecule has 4 aliphatic heterocycles. The summed E-state index contributed by atoms with van der Waals surface area (Å²) in [5.74, 6) is -6.95. The van der Waals surface area contributed by atoms with Crippen molar-refractivity contribution in [3.63, 3.8) is 0 Å². The number of hydrogen-bond acceptors (Lipinski definition) is 20. The van der Waals surface area contributed by atoms with E-state index in [1.54, 1.807) is 4.90 Å². The van der Waals surface area contributed by atoms with E-state index in [4.69, 9.17) is 33.2 Å². The molecule has 3 amide bonds. The van der Waals surface area contributed by atoms with Gasteiger partial charge in [-0.2, -0.15) is 0 Å². The summed E-state index contributed by atoms with van der Waals surface area (Å²) in [6, 6.07) is -2.54. The van der Waals surface area contributed by atoms with Crippen LogP contribution in [-0.2, 0) is 47.5 Å². The Hall–Kier alpha value is -4.04. The van der Waals surface area contributed by atoms with Gasteiger partial charge < -0.3 is 89.5 Å². The van der Waals surface area contributed by atoms with E-state index in [2.05, 4.69) is 20.9 Å². The Morgan fingerprint density at radius 3 is 2.07 bits per heavy atom. The minimum atomic E-state index is -1.83. The van der Waals surface area contributed by atoms with Crippen LogP contribution in [-0.4, -0.2) is 222 Å². The zero-order valence-electron chi connectivity index (χ0n) is 39.9. The fourth-order valence-corrected chi connectivity index (χ4v) is 9.80. The van der Waals surface area contributed by atoms with Crippen molar-refractivity contribution >= 4 is 17.7 Å². The van der Waals surface area contributed by atoms with Gasteiger partial charge >= 0.3 is 0 Å². The quantitative estimate of drug-likeness (QED) is 0.0676. The number of halogens is 3. The number of aliphatic hydroxyl groups excluding tert-OH is 8. The summed E-state index contributed by atoms with van der Waals surface area (Å²) in [4.78, 5) is 41.0. The number of hydrogen-bond donors (Lipinski definition) is 10. The summed E-state index contributed by atoms with van der Waals surface area (Å²) in [5.41, 5.74) is -0.387. The van der Waals surface area contributed by atoms with Gasteiger partial charge in [0.25, 0.3) is 5.91 Å². The Balaban J connectivity index is 1.18. The van der Waals surface area contributed by atoms with Crippen LogP contribution in [0.25, 0.3) is 11.3 Å². The molecular formula is C45H65F3N6O18. The number of benzene rings is 1. The molecule has 12 unspecified atom stereocenters. The molecule has 5 fully saturated rings. The number of nitrogens with one attached hydrogen (secondary N) is 2. The minimum Gasteiger partial charge on any atom is -0.394 e. The van der Waals surface area contributed by atoms with E-state index < -0.39 is 165 Å². The maximum atomic E-state index is 14.1. The maximum absolute atomic E-state index is 14.1. The molecule has 5 aliphatic rings. The molecule has 27 heteroatoms. The molecule has 2 aromatic rings. The molecule has 10 N–H and O–H groups in total. The van der Waals surface area contributed by atoms with Crippen molar-refractivity contribution in [1.29, 1.82) is 0 Å². The molecule has 20 atom stereocenters. The van der Waals surface area contributed by atoms with Crippen LogP contribution in [0.4, 0.5) is 13.2 Å².